The van der Waals surface area contributed by atoms with Gasteiger partial charge in [-0.05, 0) is 48.2 Å². The van der Waals surface area contributed by atoms with E-state index in [1.54, 1.807) is 13.8 Å². The highest BCUT2D eigenvalue weighted by molar-refractivity contribution is 5.99. The van der Waals surface area contributed by atoms with Gasteiger partial charge in [-0.15, -0.1) is 0 Å². The zero-order valence-corrected chi connectivity index (χ0v) is 17.7. The molecule has 0 saturated heterocycles. The molecule has 0 aliphatic rings. The Morgan fingerprint density at radius 3 is 2.27 bits per heavy atom. The third kappa shape index (κ3) is 6.14. The number of para-hydroxylation sites is 1. The fourth-order valence-electron chi connectivity index (χ4n) is 3.01. The van der Waals surface area contributed by atoms with Gasteiger partial charge in [0, 0.05) is 18.3 Å². The zero-order chi connectivity index (χ0) is 22.3. The van der Waals surface area contributed by atoms with Crippen LogP contribution >= 0.6 is 0 Å². The molecule has 2 aromatic rings. The first-order valence-electron chi connectivity index (χ1n) is 9.92. The first kappa shape index (κ1) is 23.1. The van der Waals surface area contributed by atoms with Gasteiger partial charge in [-0.1, -0.05) is 39.0 Å². The molecule has 2 rings (SSSR count). The van der Waals surface area contributed by atoms with Crippen molar-refractivity contribution in [2.45, 2.75) is 33.2 Å². The number of carbonyl (C=O) groups excluding carboxylic acids is 3. The third-order valence-electron chi connectivity index (χ3n) is 4.76. The highest BCUT2D eigenvalue weighted by Crippen LogP contribution is 2.15. The van der Waals surface area contributed by atoms with Crippen LogP contribution in [0, 0.1) is 11.7 Å². The van der Waals surface area contributed by atoms with E-state index in [9.17, 15) is 18.8 Å². The second-order valence-corrected chi connectivity index (χ2v) is 7.46. The number of benzene rings is 2. The monoisotopic (exact) mass is 413 g/mol. The van der Waals surface area contributed by atoms with E-state index in [0.29, 0.717) is 0 Å². The average molecular weight is 413 g/mol. The first-order chi connectivity index (χ1) is 14.2. The van der Waals surface area contributed by atoms with Crippen molar-refractivity contribution in [2.75, 3.05) is 18.9 Å². The zero-order valence-electron chi connectivity index (χ0n) is 17.7. The van der Waals surface area contributed by atoms with Crippen molar-refractivity contribution >= 4 is 23.4 Å². The lowest BCUT2D eigenvalue weighted by Gasteiger charge is -2.27. The van der Waals surface area contributed by atoms with Crippen LogP contribution in [0.4, 0.5) is 10.1 Å². The molecule has 0 aliphatic heterocycles. The van der Waals surface area contributed by atoms with E-state index >= 15 is 0 Å². The molecule has 0 spiro atoms. The smallest absolute Gasteiger partial charge is 0.251 e. The number of amides is 3. The molecule has 0 fully saturated rings. The standard InChI is InChI=1S/C23H28FN3O3/c1-5-16-8-6-7-9-19(16)25-20(28)14-27(4)23(30)21(15(2)3)26-22(29)17-10-12-18(24)13-11-17/h6-13,15,21H,5,14H2,1-4H3,(H,25,28)(H,26,29). The number of nitrogens with zero attached hydrogens (tertiary/aromatic N) is 1. The van der Waals surface area contributed by atoms with Crippen molar-refractivity contribution in [3.05, 3.63) is 65.5 Å². The summed E-state index contributed by atoms with van der Waals surface area (Å²) >= 11 is 0. The molecule has 1 unspecified atom stereocenters. The molecule has 160 valence electrons. The van der Waals surface area contributed by atoms with Crippen LogP contribution < -0.4 is 10.6 Å². The molecule has 0 heterocycles. The van der Waals surface area contributed by atoms with Crippen molar-refractivity contribution in [2.24, 2.45) is 5.92 Å². The minimum Gasteiger partial charge on any atom is -0.340 e. The summed E-state index contributed by atoms with van der Waals surface area (Å²) in [4.78, 5) is 39.1. The molecule has 1 atom stereocenters. The van der Waals surface area contributed by atoms with E-state index in [4.69, 9.17) is 0 Å². The number of hydrogen-bond acceptors (Lipinski definition) is 3. The molecule has 0 aromatic heterocycles. The number of halogens is 1. The van der Waals surface area contributed by atoms with Crippen molar-refractivity contribution < 1.29 is 18.8 Å². The van der Waals surface area contributed by atoms with Crippen LogP contribution in [-0.2, 0) is 16.0 Å². The lowest BCUT2D eigenvalue weighted by atomic mass is 10.0. The van der Waals surface area contributed by atoms with Gasteiger partial charge in [0.05, 0.1) is 6.54 Å². The van der Waals surface area contributed by atoms with E-state index in [0.717, 1.165) is 17.7 Å². The lowest BCUT2D eigenvalue weighted by molar-refractivity contribution is -0.135. The Morgan fingerprint density at radius 2 is 1.67 bits per heavy atom. The number of aryl methyl sites for hydroxylation is 1. The summed E-state index contributed by atoms with van der Waals surface area (Å²) in [6.45, 7) is 5.46. The highest BCUT2D eigenvalue weighted by Gasteiger charge is 2.28. The summed E-state index contributed by atoms with van der Waals surface area (Å²) in [6, 6.07) is 11.8. The molecule has 0 aliphatic carbocycles. The van der Waals surface area contributed by atoms with Gasteiger partial charge >= 0.3 is 0 Å². The Bertz CT molecular complexity index is 897. The second-order valence-electron chi connectivity index (χ2n) is 7.46. The third-order valence-corrected chi connectivity index (χ3v) is 4.76. The van der Waals surface area contributed by atoms with Crippen molar-refractivity contribution in [3.8, 4) is 0 Å². The van der Waals surface area contributed by atoms with E-state index in [2.05, 4.69) is 10.6 Å². The van der Waals surface area contributed by atoms with E-state index < -0.39 is 17.8 Å². The van der Waals surface area contributed by atoms with Gasteiger partial charge < -0.3 is 15.5 Å². The fraction of sp³-hybridized carbons (Fsp3) is 0.348. The number of carbonyl (C=O) groups is 3. The minimum atomic E-state index is -0.816. The Balaban J connectivity index is 2.02. The van der Waals surface area contributed by atoms with Gasteiger partial charge in [-0.25, -0.2) is 4.39 Å². The topological polar surface area (TPSA) is 78.5 Å². The van der Waals surface area contributed by atoms with E-state index in [1.165, 1.54) is 36.2 Å². The molecule has 6 nitrogen and oxygen atoms in total. The molecule has 0 saturated carbocycles. The lowest BCUT2D eigenvalue weighted by Crippen LogP contribution is -2.51. The molecular weight excluding hydrogens is 385 g/mol. The number of anilines is 1. The summed E-state index contributed by atoms with van der Waals surface area (Å²) in [7, 11) is 1.52. The summed E-state index contributed by atoms with van der Waals surface area (Å²) in [5.74, 6) is -1.82. The van der Waals surface area contributed by atoms with Crippen molar-refractivity contribution in [3.63, 3.8) is 0 Å². The average Bonchev–Trinajstić information content (AvgIpc) is 2.71. The number of likely N-dealkylation sites (N-methyl/N-ethyl adjacent to an activating group) is 1. The molecule has 2 aromatic carbocycles. The van der Waals surface area contributed by atoms with Crippen LogP contribution in [0.1, 0.15) is 36.7 Å². The molecule has 0 bridgehead atoms. The molecule has 0 radical (unpaired) electrons. The second kappa shape index (κ2) is 10.5. The first-order valence-corrected chi connectivity index (χ1v) is 9.92. The van der Waals surface area contributed by atoms with Gasteiger partial charge in [0.25, 0.3) is 5.91 Å². The maximum Gasteiger partial charge on any atom is 0.251 e. The Hall–Kier alpha value is -3.22. The SMILES string of the molecule is CCc1ccccc1NC(=O)CN(C)C(=O)C(NC(=O)c1ccc(F)cc1)C(C)C. The predicted octanol–water partition coefficient (Wildman–Crippen LogP) is 3.24. The molecule has 2 N–H and O–H groups in total. The van der Waals surface area contributed by atoms with Gasteiger partial charge in [-0.2, -0.15) is 0 Å². The number of nitrogens with one attached hydrogen (secondary N) is 2. The molecule has 30 heavy (non-hydrogen) atoms. The highest BCUT2D eigenvalue weighted by atomic mass is 19.1. The van der Waals surface area contributed by atoms with Crippen LogP contribution in [0.15, 0.2) is 48.5 Å². The summed E-state index contributed by atoms with van der Waals surface area (Å²) in [5, 5.41) is 5.52. The summed E-state index contributed by atoms with van der Waals surface area (Å²) < 4.78 is 13.1. The normalized spacial score (nSPS) is 11.7. The van der Waals surface area contributed by atoms with Gasteiger partial charge in [0.15, 0.2) is 0 Å². The van der Waals surface area contributed by atoms with Crippen LogP contribution in [0.5, 0.6) is 0 Å². The maximum atomic E-state index is 13.1. The number of rotatable bonds is 8. The molecular formula is C23H28FN3O3. The summed E-state index contributed by atoms with van der Waals surface area (Å²) in [6.07, 6.45) is 0.774. The molecule has 3 amide bonds. The van der Waals surface area contributed by atoms with Crippen LogP contribution in [0.25, 0.3) is 0 Å². The van der Waals surface area contributed by atoms with Gasteiger partial charge in [0.1, 0.15) is 11.9 Å². The van der Waals surface area contributed by atoms with Gasteiger partial charge in [-0.3, -0.25) is 14.4 Å². The minimum absolute atomic E-state index is 0.146. The van der Waals surface area contributed by atoms with Gasteiger partial charge in [0.2, 0.25) is 11.8 Å². The summed E-state index contributed by atoms with van der Waals surface area (Å²) in [5.41, 5.74) is 1.98. The molecule has 7 heteroatoms. The largest absolute Gasteiger partial charge is 0.340 e. The van der Waals surface area contributed by atoms with Crippen molar-refractivity contribution in [1.29, 1.82) is 0 Å². The Morgan fingerprint density at radius 1 is 1.03 bits per heavy atom. The van der Waals surface area contributed by atoms with E-state index in [-0.39, 0.29) is 29.8 Å². The van der Waals surface area contributed by atoms with Crippen LogP contribution in [0.2, 0.25) is 0 Å². The van der Waals surface area contributed by atoms with Crippen LogP contribution in [-0.4, -0.2) is 42.3 Å². The predicted molar refractivity (Wildman–Crippen MR) is 115 cm³/mol. The number of hydrogen-bond donors (Lipinski definition) is 2. The van der Waals surface area contributed by atoms with Crippen molar-refractivity contribution in [1.82, 2.24) is 10.2 Å². The van der Waals surface area contributed by atoms with E-state index in [1.807, 2.05) is 31.2 Å². The quantitative estimate of drug-likeness (QED) is 0.697. The fourth-order valence-corrected chi connectivity index (χ4v) is 3.01. The van der Waals surface area contributed by atoms with Crippen LogP contribution in [0.3, 0.4) is 0 Å². The maximum absolute atomic E-state index is 13.1. The Labute approximate surface area is 176 Å². The Kier molecular flexibility index (Phi) is 8.09.